The lowest BCUT2D eigenvalue weighted by Gasteiger charge is -2.32. The van der Waals surface area contributed by atoms with E-state index in [1.54, 1.807) is 11.3 Å². The molecule has 0 unspecified atom stereocenters. The molecule has 0 atom stereocenters. The molecule has 0 saturated heterocycles. The minimum absolute atomic E-state index is 0.0536. The smallest absolute Gasteiger partial charge is 0.214 e. The molecule has 0 amide bonds. The van der Waals surface area contributed by atoms with E-state index in [-0.39, 0.29) is 10.8 Å². The molecule has 0 spiro atoms. The van der Waals surface area contributed by atoms with Crippen molar-refractivity contribution in [1.29, 1.82) is 0 Å². The predicted molar refractivity (Wildman–Crippen MR) is 128 cm³/mol. The molecule has 3 aromatic rings. The predicted octanol–water partition coefficient (Wildman–Crippen LogP) is 6.20. The van der Waals surface area contributed by atoms with Gasteiger partial charge in [-0.3, -0.25) is 4.79 Å². The highest BCUT2D eigenvalue weighted by atomic mass is 32.1. The van der Waals surface area contributed by atoms with Crippen molar-refractivity contribution >= 4 is 17.1 Å². The Bertz CT molecular complexity index is 1040. The van der Waals surface area contributed by atoms with Gasteiger partial charge in [-0.15, -0.1) is 21.5 Å². The fourth-order valence-electron chi connectivity index (χ4n) is 4.24. The fourth-order valence-corrected chi connectivity index (χ4v) is 5.70. The third-order valence-electron chi connectivity index (χ3n) is 6.50. The second-order valence-electron chi connectivity index (χ2n) is 9.46. The summed E-state index contributed by atoms with van der Waals surface area (Å²) in [6.45, 7) is 14.8. The van der Waals surface area contributed by atoms with Crippen molar-refractivity contribution in [2.75, 3.05) is 0 Å². The molecule has 0 aliphatic rings. The Balaban J connectivity index is 1.94. The molecule has 31 heavy (non-hydrogen) atoms. The zero-order valence-corrected chi connectivity index (χ0v) is 20.6. The molecule has 0 fully saturated rings. The second kappa shape index (κ2) is 9.03. The molecule has 3 rings (SSSR count). The van der Waals surface area contributed by atoms with Gasteiger partial charge in [0, 0.05) is 22.1 Å². The number of hydrogen-bond acceptors (Lipinski definition) is 5. The number of H-pyrrole nitrogens is 1. The number of nitrogens with zero attached hydrogens (tertiary/aromatic N) is 3. The zero-order chi connectivity index (χ0) is 22.8. The minimum Gasteiger partial charge on any atom is -0.299 e. The first-order valence-electron chi connectivity index (χ1n) is 11.1. The van der Waals surface area contributed by atoms with Gasteiger partial charge >= 0.3 is 0 Å². The van der Waals surface area contributed by atoms with Crippen molar-refractivity contribution in [2.24, 2.45) is 5.41 Å². The van der Waals surface area contributed by atoms with Gasteiger partial charge in [0.15, 0.2) is 0 Å². The number of carbonyl (C=O) groups excluding carboxylic acids is 1. The van der Waals surface area contributed by atoms with Crippen LogP contribution in [0.5, 0.6) is 0 Å². The van der Waals surface area contributed by atoms with Crippen LogP contribution in [0, 0.1) is 19.3 Å². The summed E-state index contributed by atoms with van der Waals surface area (Å²) in [5.41, 5.74) is 4.71. The maximum Gasteiger partial charge on any atom is 0.214 e. The highest BCUT2D eigenvalue weighted by molar-refractivity contribution is 7.15. The summed E-state index contributed by atoms with van der Waals surface area (Å²) in [5, 5.41) is 14.6. The second-order valence-corrected chi connectivity index (χ2v) is 10.5. The number of aromatic amines is 1. The van der Waals surface area contributed by atoms with Crippen molar-refractivity contribution in [3.05, 3.63) is 51.4 Å². The molecule has 0 aliphatic heterocycles. The van der Waals surface area contributed by atoms with Gasteiger partial charge in [-0.25, -0.2) is 0 Å². The van der Waals surface area contributed by atoms with Gasteiger partial charge in [0.25, 0.3) is 0 Å². The largest absolute Gasteiger partial charge is 0.299 e. The van der Waals surface area contributed by atoms with E-state index < -0.39 is 0 Å². The van der Waals surface area contributed by atoms with Crippen LogP contribution < -0.4 is 0 Å². The number of benzene rings is 1. The van der Waals surface area contributed by atoms with Crippen LogP contribution in [0.25, 0.3) is 10.7 Å². The maximum atomic E-state index is 12.4. The van der Waals surface area contributed by atoms with Gasteiger partial charge in [-0.1, -0.05) is 52.8 Å². The van der Waals surface area contributed by atoms with Crippen LogP contribution in [0.3, 0.4) is 0 Å². The van der Waals surface area contributed by atoms with E-state index in [2.05, 4.69) is 72.6 Å². The lowest BCUT2D eigenvalue weighted by atomic mass is 9.73. The Morgan fingerprint density at radius 2 is 1.77 bits per heavy atom. The number of thiophene rings is 1. The monoisotopic (exact) mass is 438 g/mol. The minimum atomic E-state index is -0.277. The fraction of sp³-hybridized carbons (Fsp3) is 0.520. The topological polar surface area (TPSA) is 71.5 Å². The molecule has 0 saturated carbocycles. The van der Waals surface area contributed by atoms with Crippen LogP contribution in [0.4, 0.5) is 0 Å². The molecule has 6 heteroatoms. The number of aromatic nitrogens is 4. The summed E-state index contributed by atoms with van der Waals surface area (Å²) in [6.07, 6.45) is 3.41. The van der Waals surface area contributed by atoms with E-state index in [4.69, 9.17) is 0 Å². The highest BCUT2D eigenvalue weighted by Crippen LogP contribution is 2.45. The number of carbonyl (C=O) groups is 1. The van der Waals surface area contributed by atoms with E-state index in [1.165, 1.54) is 27.1 Å². The lowest BCUT2D eigenvalue weighted by molar-refractivity contribution is -0.126. The number of ketones is 1. The molecule has 2 aromatic heterocycles. The SMILES string of the molecule is CCC(CC)(c1ccc(CCC(=O)C(C)(C)C)c(C)c1)c1cc(C)c(-c2nn[nH]n2)s1. The summed E-state index contributed by atoms with van der Waals surface area (Å²) in [5.74, 6) is 0.973. The number of rotatable bonds is 8. The molecule has 2 heterocycles. The summed E-state index contributed by atoms with van der Waals surface area (Å²) in [4.78, 5) is 14.8. The number of tetrazole rings is 1. The molecule has 166 valence electrons. The number of aryl methyl sites for hydroxylation is 3. The Hall–Kier alpha value is -2.34. The van der Waals surface area contributed by atoms with Crippen molar-refractivity contribution in [3.63, 3.8) is 0 Å². The van der Waals surface area contributed by atoms with Gasteiger partial charge in [-0.05, 0) is 66.6 Å². The lowest BCUT2D eigenvalue weighted by Crippen LogP contribution is -2.25. The first kappa shape index (κ1) is 23.3. The average molecular weight is 439 g/mol. The van der Waals surface area contributed by atoms with Crippen LogP contribution >= 0.6 is 11.3 Å². The molecule has 5 nitrogen and oxygen atoms in total. The average Bonchev–Trinajstić information content (AvgIpc) is 3.37. The quantitative estimate of drug-likeness (QED) is 0.454. The number of Topliss-reactive ketones (excluding diaryl/α,β-unsaturated/α-hetero) is 1. The van der Waals surface area contributed by atoms with Gasteiger partial charge in [0.1, 0.15) is 5.78 Å². The molecule has 0 radical (unpaired) electrons. The van der Waals surface area contributed by atoms with E-state index in [0.717, 1.165) is 24.1 Å². The number of nitrogens with one attached hydrogen (secondary N) is 1. The van der Waals surface area contributed by atoms with Gasteiger partial charge in [0.2, 0.25) is 5.82 Å². The van der Waals surface area contributed by atoms with Crippen LogP contribution in [0.2, 0.25) is 0 Å². The van der Waals surface area contributed by atoms with Gasteiger partial charge in [-0.2, -0.15) is 5.21 Å². The van der Waals surface area contributed by atoms with E-state index >= 15 is 0 Å². The zero-order valence-electron chi connectivity index (χ0n) is 19.8. The first-order chi connectivity index (χ1) is 14.6. The van der Waals surface area contributed by atoms with E-state index in [1.807, 2.05) is 20.8 Å². The third-order valence-corrected chi connectivity index (χ3v) is 7.94. The van der Waals surface area contributed by atoms with E-state index in [0.29, 0.717) is 18.0 Å². The van der Waals surface area contributed by atoms with Gasteiger partial charge in [0.05, 0.1) is 4.88 Å². The Kier molecular flexibility index (Phi) is 6.79. The first-order valence-corrected chi connectivity index (χ1v) is 11.9. The van der Waals surface area contributed by atoms with Crippen LogP contribution in [-0.4, -0.2) is 26.4 Å². The molecular formula is C25H34N4OS. The van der Waals surface area contributed by atoms with Crippen molar-refractivity contribution in [3.8, 4) is 10.7 Å². The van der Waals surface area contributed by atoms with Crippen LogP contribution in [0.15, 0.2) is 24.3 Å². The normalized spacial score (nSPS) is 12.4. The summed E-state index contributed by atoms with van der Waals surface area (Å²) in [6, 6.07) is 9.10. The van der Waals surface area contributed by atoms with Crippen molar-refractivity contribution < 1.29 is 4.79 Å². The van der Waals surface area contributed by atoms with E-state index in [9.17, 15) is 4.79 Å². The standard InChI is InChI=1S/C25H34N4OS/c1-8-25(9-2,21-15-17(4)22(31-21)23-26-28-29-27-23)19-12-10-18(16(3)14-19)11-13-20(30)24(5,6)7/h10,12,14-15H,8-9,11,13H2,1-7H3,(H,26,27,28,29). The van der Waals surface area contributed by atoms with Crippen molar-refractivity contribution in [1.82, 2.24) is 20.6 Å². The molecule has 0 bridgehead atoms. The molecular weight excluding hydrogens is 404 g/mol. The molecule has 1 N–H and O–H groups in total. The summed E-state index contributed by atoms with van der Waals surface area (Å²) >= 11 is 1.77. The third kappa shape index (κ3) is 4.64. The maximum absolute atomic E-state index is 12.4. The van der Waals surface area contributed by atoms with Crippen molar-refractivity contribution in [2.45, 2.75) is 79.6 Å². The molecule has 0 aliphatic carbocycles. The summed E-state index contributed by atoms with van der Waals surface area (Å²) in [7, 11) is 0. The van der Waals surface area contributed by atoms with Crippen LogP contribution in [0.1, 0.15) is 81.0 Å². The molecule has 1 aromatic carbocycles. The van der Waals surface area contributed by atoms with Crippen LogP contribution in [-0.2, 0) is 16.6 Å². The highest BCUT2D eigenvalue weighted by Gasteiger charge is 2.34. The Labute approximate surface area is 189 Å². The Morgan fingerprint density at radius 3 is 2.32 bits per heavy atom. The van der Waals surface area contributed by atoms with Gasteiger partial charge < -0.3 is 0 Å². The number of hydrogen-bond donors (Lipinski definition) is 1. The summed E-state index contributed by atoms with van der Waals surface area (Å²) < 4.78 is 0. The Morgan fingerprint density at radius 1 is 1.06 bits per heavy atom.